The number of nitrogens with zero attached hydrogens (tertiary/aromatic N) is 3. The molecular weight excluding hydrogens is 254 g/mol. The number of carbonyl (C=O) groups is 1. The second-order valence-corrected chi connectivity index (χ2v) is 5.37. The summed E-state index contributed by atoms with van der Waals surface area (Å²) in [4.78, 5) is 16.8. The summed E-state index contributed by atoms with van der Waals surface area (Å²) < 4.78 is 6.83. The van der Waals surface area contributed by atoms with E-state index >= 15 is 0 Å². The van der Waals surface area contributed by atoms with Crippen molar-refractivity contribution in [2.45, 2.75) is 45.6 Å². The average Bonchev–Trinajstić information content (AvgIpc) is 3.25. The lowest BCUT2D eigenvalue weighted by molar-refractivity contribution is 0.0602. The minimum atomic E-state index is -0.307. The standard InChI is InChI=1S/C15H19N3O2/c1-4-7-18-14-13(9(2)17-18)11(15(19)20-3)8-12(16-14)10-5-6-10/h8,10H,4-7H2,1-3H3. The number of hydrogen-bond acceptors (Lipinski definition) is 4. The van der Waals surface area contributed by atoms with Crippen molar-refractivity contribution in [1.29, 1.82) is 0 Å². The summed E-state index contributed by atoms with van der Waals surface area (Å²) in [5.74, 6) is 0.187. The van der Waals surface area contributed by atoms with Crippen LogP contribution < -0.4 is 0 Å². The molecule has 3 rings (SSSR count). The molecule has 1 saturated carbocycles. The number of ether oxygens (including phenoxy) is 1. The predicted octanol–water partition coefficient (Wildman–Crippen LogP) is 2.81. The highest BCUT2D eigenvalue weighted by Crippen LogP contribution is 2.40. The molecule has 1 fully saturated rings. The van der Waals surface area contributed by atoms with Crippen molar-refractivity contribution in [2.24, 2.45) is 0 Å². The number of fused-ring (bicyclic) bond motifs is 1. The molecule has 2 aromatic rings. The van der Waals surface area contributed by atoms with E-state index < -0.39 is 0 Å². The van der Waals surface area contributed by atoms with Gasteiger partial charge in [-0.05, 0) is 32.3 Å². The van der Waals surface area contributed by atoms with Gasteiger partial charge in [0.1, 0.15) is 0 Å². The highest BCUT2D eigenvalue weighted by molar-refractivity contribution is 6.03. The first kappa shape index (κ1) is 13.1. The molecule has 5 nitrogen and oxygen atoms in total. The molecule has 0 saturated heterocycles. The van der Waals surface area contributed by atoms with E-state index in [0.717, 1.165) is 48.2 Å². The minimum Gasteiger partial charge on any atom is -0.465 e. The summed E-state index contributed by atoms with van der Waals surface area (Å²) in [6.07, 6.45) is 3.29. The summed E-state index contributed by atoms with van der Waals surface area (Å²) in [6, 6.07) is 1.89. The third kappa shape index (κ3) is 2.07. The Hall–Kier alpha value is -1.91. The van der Waals surface area contributed by atoms with Gasteiger partial charge in [-0.25, -0.2) is 14.5 Å². The zero-order valence-electron chi connectivity index (χ0n) is 12.1. The van der Waals surface area contributed by atoms with Gasteiger partial charge >= 0.3 is 5.97 Å². The number of rotatable bonds is 4. The van der Waals surface area contributed by atoms with Crippen molar-refractivity contribution >= 4 is 17.0 Å². The molecule has 0 atom stereocenters. The fourth-order valence-electron chi connectivity index (χ4n) is 2.60. The van der Waals surface area contributed by atoms with Gasteiger partial charge in [0.05, 0.1) is 23.8 Å². The molecule has 1 aliphatic rings. The van der Waals surface area contributed by atoms with E-state index in [9.17, 15) is 4.79 Å². The second kappa shape index (κ2) is 4.89. The van der Waals surface area contributed by atoms with Crippen LogP contribution in [-0.2, 0) is 11.3 Å². The van der Waals surface area contributed by atoms with Crippen LogP contribution in [0.5, 0.6) is 0 Å². The van der Waals surface area contributed by atoms with Crippen LogP contribution in [0.2, 0.25) is 0 Å². The molecule has 1 aliphatic carbocycles. The second-order valence-electron chi connectivity index (χ2n) is 5.37. The van der Waals surface area contributed by atoms with Crippen LogP contribution in [0.1, 0.15) is 53.8 Å². The zero-order chi connectivity index (χ0) is 14.3. The number of hydrogen-bond donors (Lipinski definition) is 0. The normalized spacial score (nSPS) is 14.8. The first-order valence-corrected chi connectivity index (χ1v) is 7.12. The Morgan fingerprint density at radius 3 is 2.85 bits per heavy atom. The van der Waals surface area contributed by atoms with Gasteiger partial charge in [-0.2, -0.15) is 5.10 Å². The number of aryl methyl sites for hydroxylation is 2. The molecular formula is C15H19N3O2. The van der Waals surface area contributed by atoms with Crippen molar-refractivity contribution < 1.29 is 9.53 Å². The molecule has 0 radical (unpaired) electrons. The largest absolute Gasteiger partial charge is 0.465 e. The first-order chi connectivity index (χ1) is 9.65. The monoisotopic (exact) mass is 273 g/mol. The van der Waals surface area contributed by atoms with Crippen molar-refractivity contribution in [2.75, 3.05) is 7.11 Å². The van der Waals surface area contributed by atoms with Gasteiger partial charge < -0.3 is 4.74 Å². The molecule has 0 aromatic carbocycles. The molecule has 0 amide bonds. The maximum atomic E-state index is 12.1. The van der Waals surface area contributed by atoms with Gasteiger partial charge in [0.15, 0.2) is 5.65 Å². The molecule has 2 aromatic heterocycles. The Bertz CT molecular complexity index is 671. The topological polar surface area (TPSA) is 57.0 Å². The van der Waals surface area contributed by atoms with Crippen molar-refractivity contribution in [3.8, 4) is 0 Å². The Morgan fingerprint density at radius 1 is 1.50 bits per heavy atom. The van der Waals surface area contributed by atoms with Crippen LogP contribution in [0.15, 0.2) is 6.07 Å². The fraction of sp³-hybridized carbons (Fsp3) is 0.533. The SMILES string of the molecule is CCCn1nc(C)c2c(C(=O)OC)cc(C3CC3)nc21. The Balaban J connectivity index is 2.26. The van der Waals surface area contributed by atoms with Gasteiger partial charge in [-0.1, -0.05) is 6.92 Å². The fourth-order valence-corrected chi connectivity index (χ4v) is 2.60. The molecule has 0 aliphatic heterocycles. The lowest BCUT2D eigenvalue weighted by Crippen LogP contribution is -2.06. The summed E-state index contributed by atoms with van der Waals surface area (Å²) in [7, 11) is 1.41. The van der Waals surface area contributed by atoms with E-state index in [0.29, 0.717) is 11.5 Å². The van der Waals surface area contributed by atoms with Gasteiger partial charge in [0, 0.05) is 18.2 Å². The summed E-state index contributed by atoms with van der Waals surface area (Å²) in [5.41, 5.74) is 3.24. The average molecular weight is 273 g/mol. The van der Waals surface area contributed by atoms with Crippen molar-refractivity contribution in [1.82, 2.24) is 14.8 Å². The van der Waals surface area contributed by atoms with E-state index in [4.69, 9.17) is 9.72 Å². The molecule has 0 unspecified atom stereocenters. The summed E-state index contributed by atoms with van der Waals surface area (Å²) in [6.45, 7) is 4.83. The van der Waals surface area contributed by atoms with Crippen LogP contribution in [0.3, 0.4) is 0 Å². The van der Waals surface area contributed by atoms with Crippen LogP contribution in [0.4, 0.5) is 0 Å². The van der Waals surface area contributed by atoms with Crippen LogP contribution in [0, 0.1) is 6.92 Å². The number of pyridine rings is 1. The van der Waals surface area contributed by atoms with Gasteiger partial charge in [-0.3, -0.25) is 0 Å². The third-order valence-electron chi connectivity index (χ3n) is 3.73. The Morgan fingerprint density at radius 2 is 2.25 bits per heavy atom. The molecule has 0 N–H and O–H groups in total. The summed E-state index contributed by atoms with van der Waals surface area (Å²) >= 11 is 0. The van der Waals surface area contributed by atoms with E-state index in [1.54, 1.807) is 0 Å². The molecule has 2 heterocycles. The number of methoxy groups -OCH3 is 1. The highest BCUT2D eigenvalue weighted by Gasteiger charge is 2.28. The maximum absolute atomic E-state index is 12.1. The smallest absolute Gasteiger partial charge is 0.338 e. The zero-order valence-corrected chi connectivity index (χ0v) is 12.1. The first-order valence-electron chi connectivity index (χ1n) is 7.12. The molecule has 5 heteroatoms. The third-order valence-corrected chi connectivity index (χ3v) is 3.73. The van der Waals surface area contributed by atoms with E-state index in [1.165, 1.54) is 7.11 Å². The number of carbonyl (C=O) groups excluding carboxylic acids is 1. The molecule has 106 valence electrons. The quantitative estimate of drug-likeness (QED) is 0.804. The lowest BCUT2D eigenvalue weighted by atomic mass is 10.1. The van der Waals surface area contributed by atoms with E-state index in [2.05, 4.69) is 12.0 Å². The van der Waals surface area contributed by atoms with Crippen molar-refractivity contribution in [3.05, 3.63) is 23.0 Å². The Labute approximate surface area is 117 Å². The lowest BCUT2D eigenvalue weighted by Gasteiger charge is -2.06. The van der Waals surface area contributed by atoms with Crippen molar-refractivity contribution in [3.63, 3.8) is 0 Å². The summed E-state index contributed by atoms with van der Waals surface area (Å²) in [5, 5.41) is 5.35. The predicted molar refractivity (Wildman–Crippen MR) is 75.9 cm³/mol. The van der Waals surface area contributed by atoms with Crippen LogP contribution in [-0.4, -0.2) is 27.8 Å². The van der Waals surface area contributed by atoms with E-state index in [1.807, 2.05) is 17.7 Å². The molecule has 0 spiro atoms. The highest BCUT2D eigenvalue weighted by atomic mass is 16.5. The minimum absolute atomic E-state index is 0.307. The van der Waals surface area contributed by atoms with Crippen LogP contribution in [0.25, 0.3) is 11.0 Å². The van der Waals surface area contributed by atoms with E-state index in [-0.39, 0.29) is 5.97 Å². The number of esters is 1. The van der Waals surface area contributed by atoms with Gasteiger partial charge in [-0.15, -0.1) is 0 Å². The maximum Gasteiger partial charge on any atom is 0.338 e. The van der Waals surface area contributed by atoms with Gasteiger partial charge in [0.2, 0.25) is 0 Å². The van der Waals surface area contributed by atoms with Crippen LogP contribution >= 0.6 is 0 Å². The molecule has 0 bridgehead atoms. The molecule has 20 heavy (non-hydrogen) atoms. The van der Waals surface area contributed by atoms with Gasteiger partial charge in [0.25, 0.3) is 0 Å². The number of aromatic nitrogens is 3. The Kier molecular flexibility index (Phi) is 3.20.